The van der Waals surface area contributed by atoms with Crippen LogP contribution in [0.15, 0.2) is 60.7 Å². The predicted octanol–water partition coefficient (Wildman–Crippen LogP) is 4.25. The number of imide groups is 1. The van der Waals surface area contributed by atoms with Gasteiger partial charge < -0.3 is 5.32 Å². The Morgan fingerprint density at radius 2 is 1.64 bits per heavy atom. The Labute approximate surface area is 197 Å². The molecule has 1 N–H and O–H groups in total. The fourth-order valence-electron chi connectivity index (χ4n) is 6.38. The van der Waals surface area contributed by atoms with Gasteiger partial charge in [-0.25, -0.2) is 0 Å². The first kappa shape index (κ1) is 20.7. The van der Waals surface area contributed by atoms with E-state index in [2.05, 4.69) is 17.5 Å². The first-order valence-corrected chi connectivity index (χ1v) is 12.0. The van der Waals surface area contributed by atoms with E-state index in [4.69, 9.17) is 11.6 Å². The molecule has 0 unspecified atom stereocenters. The summed E-state index contributed by atoms with van der Waals surface area (Å²) in [5.41, 5.74) is 2.24. The van der Waals surface area contributed by atoms with Crippen LogP contribution in [-0.2, 0) is 20.8 Å². The zero-order valence-electron chi connectivity index (χ0n) is 18.3. The van der Waals surface area contributed by atoms with Crippen molar-refractivity contribution in [2.45, 2.75) is 25.8 Å². The van der Waals surface area contributed by atoms with E-state index < -0.39 is 6.04 Å². The summed E-state index contributed by atoms with van der Waals surface area (Å²) in [6, 6.07) is 14.0. The summed E-state index contributed by atoms with van der Waals surface area (Å²) >= 11 is 6.24. The second-order valence-corrected chi connectivity index (χ2v) is 10.2. The molecule has 0 aromatic heterocycles. The molecular formula is C27H25ClN2O3. The zero-order valence-corrected chi connectivity index (χ0v) is 19.0. The van der Waals surface area contributed by atoms with E-state index in [-0.39, 0.29) is 47.8 Å². The molecule has 0 spiro atoms. The number of carbonyl (C=O) groups is 3. The smallest absolute Gasteiger partial charge is 0.248 e. The molecular weight excluding hydrogens is 436 g/mol. The maximum atomic E-state index is 13.7. The third kappa shape index (κ3) is 3.17. The van der Waals surface area contributed by atoms with Crippen molar-refractivity contribution in [3.05, 3.63) is 76.8 Å². The molecule has 1 heterocycles. The highest BCUT2D eigenvalue weighted by Crippen LogP contribution is 2.65. The number of benzene rings is 2. The fourth-order valence-corrected chi connectivity index (χ4v) is 6.56. The number of nitrogens with one attached hydrogen (secondary N) is 1. The van der Waals surface area contributed by atoms with Gasteiger partial charge in [-0.05, 0) is 60.3 Å². The van der Waals surface area contributed by atoms with E-state index in [0.29, 0.717) is 22.5 Å². The van der Waals surface area contributed by atoms with Crippen molar-refractivity contribution in [3.63, 3.8) is 0 Å². The van der Waals surface area contributed by atoms with Crippen molar-refractivity contribution in [1.29, 1.82) is 0 Å². The molecule has 1 aliphatic heterocycles. The van der Waals surface area contributed by atoms with E-state index in [1.807, 2.05) is 37.3 Å². The number of carbonyl (C=O) groups excluding carboxylic acids is 3. The molecule has 5 nitrogen and oxygen atoms in total. The molecule has 3 amide bonds. The van der Waals surface area contributed by atoms with Crippen molar-refractivity contribution >= 4 is 35.0 Å². The van der Waals surface area contributed by atoms with E-state index >= 15 is 0 Å². The minimum absolute atomic E-state index is 0.127. The Balaban J connectivity index is 1.34. The van der Waals surface area contributed by atoms with Gasteiger partial charge in [0.1, 0.15) is 6.04 Å². The summed E-state index contributed by atoms with van der Waals surface area (Å²) in [4.78, 5) is 42.3. The number of hydrogen-bond acceptors (Lipinski definition) is 3. The SMILES string of the molecule is Cc1c(Cl)cccc1NC(=O)[C@H](Cc1ccccc1)N1C(=O)[C@H]2[C@@H]3C=C[C@H]([C@H]4C[C@H]34)[C@@H]2C1=O. The van der Waals surface area contributed by atoms with Gasteiger partial charge in [-0.2, -0.15) is 0 Å². The first-order valence-electron chi connectivity index (χ1n) is 11.6. The van der Waals surface area contributed by atoms with Gasteiger partial charge in [0, 0.05) is 17.1 Å². The summed E-state index contributed by atoms with van der Waals surface area (Å²) in [6.07, 6.45) is 5.68. The van der Waals surface area contributed by atoms with Crippen molar-refractivity contribution in [3.8, 4) is 0 Å². The van der Waals surface area contributed by atoms with Crippen LogP contribution in [0.2, 0.25) is 5.02 Å². The number of allylic oxidation sites excluding steroid dienone is 2. The van der Waals surface area contributed by atoms with Crippen LogP contribution < -0.4 is 5.32 Å². The largest absolute Gasteiger partial charge is 0.324 e. The maximum Gasteiger partial charge on any atom is 0.248 e. The Kier molecular flexibility index (Phi) is 4.73. The Morgan fingerprint density at radius 1 is 1.00 bits per heavy atom. The van der Waals surface area contributed by atoms with Crippen LogP contribution in [0.5, 0.6) is 0 Å². The maximum absolute atomic E-state index is 13.7. The van der Waals surface area contributed by atoms with Crippen LogP contribution in [0.4, 0.5) is 5.69 Å². The van der Waals surface area contributed by atoms with Gasteiger partial charge in [0.25, 0.3) is 0 Å². The molecule has 2 saturated carbocycles. The molecule has 2 aromatic carbocycles. The lowest BCUT2D eigenvalue weighted by molar-refractivity contribution is -0.146. The molecule has 2 aromatic rings. The topological polar surface area (TPSA) is 66.5 Å². The van der Waals surface area contributed by atoms with Gasteiger partial charge in [-0.3, -0.25) is 19.3 Å². The number of anilines is 1. The van der Waals surface area contributed by atoms with Crippen LogP contribution in [0.3, 0.4) is 0 Å². The Morgan fingerprint density at radius 3 is 2.27 bits per heavy atom. The Bertz CT molecular complexity index is 1160. The number of amides is 3. The van der Waals surface area contributed by atoms with Crippen LogP contribution in [0, 0.1) is 42.4 Å². The highest BCUT2D eigenvalue weighted by Gasteiger charge is 2.67. The van der Waals surface area contributed by atoms with E-state index in [0.717, 1.165) is 17.5 Å². The Hall–Kier alpha value is -2.92. The van der Waals surface area contributed by atoms with Crippen LogP contribution in [0.25, 0.3) is 0 Å². The van der Waals surface area contributed by atoms with Crippen LogP contribution in [-0.4, -0.2) is 28.7 Å². The predicted molar refractivity (Wildman–Crippen MR) is 125 cm³/mol. The van der Waals surface area contributed by atoms with Crippen molar-refractivity contribution in [2.24, 2.45) is 35.5 Å². The lowest BCUT2D eigenvalue weighted by Gasteiger charge is -2.37. The van der Waals surface area contributed by atoms with Crippen LogP contribution >= 0.6 is 11.6 Å². The summed E-state index contributed by atoms with van der Waals surface area (Å²) in [6.45, 7) is 1.83. The molecule has 7 rings (SSSR count). The monoisotopic (exact) mass is 460 g/mol. The summed E-state index contributed by atoms with van der Waals surface area (Å²) in [5.74, 6) is -0.0891. The molecule has 3 fully saturated rings. The highest BCUT2D eigenvalue weighted by molar-refractivity contribution is 6.31. The van der Waals surface area contributed by atoms with Crippen LogP contribution in [0.1, 0.15) is 17.5 Å². The van der Waals surface area contributed by atoms with Gasteiger partial charge in [0.2, 0.25) is 17.7 Å². The van der Waals surface area contributed by atoms with Crippen molar-refractivity contribution in [2.75, 3.05) is 5.32 Å². The first-order chi connectivity index (χ1) is 16.0. The minimum atomic E-state index is -0.910. The third-order valence-electron chi connectivity index (χ3n) is 8.11. The molecule has 1 saturated heterocycles. The molecule has 6 heteroatoms. The molecule has 4 aliphatic carbocycles. The average molecular weight is 461 g/mol. The summed E-state index contributed by atoms with van der Waals surface area (Å²) in [5, 5.41) is 3.49. The second-order valence-electron chi connectivity index (χ2n) is 9.81. The van der Waals surface area contributed by atoms with Gasteiger partial charge >= 0.3 is 0 Å². The number of halogens is 1. The number of hydrogen-bond donors (Lipinski definition) is 1. The summed E-state index contributed by atoms with van der Waals surface area (Å²) < 4.78 is 0. The average Bonchev–Trinajstić information content (AvgIpc) is 3.60. The van der Waals surface area contributed by atoms with E-state index in [1.165, 1.54) is 4.90 Å². The molecule has 168 valence electrons. The lowest BCUT2D eigenvalue weighted by Crippen LogP contribution is -2.49. The molecule has 5 aliphatic rings. The molecule has 0 radical (unpaired) electrons. The number of nitrogens with zero attached hydrogens (tertiary/aromatic N) is 1. The quantitative estimate of drug-likeness (QED) is 0.535. The summed E-state index contributed by atoms with van der Waals surface area (Å²) in [7, 11) is 0. The van der Waals surface area contributed by atoms with Gasteiger partial charge in [-0.15, -0.1) is 0 Å². The van der Waals surface area contributed by atoms with Gasteiger partial charge in [-0.1, -0.05) is 60.2 Å². The van der Waals surface area contributed by atoms with Gasteiger partial charge in [0.15, 0.2) is 0 Å². The highest BCUT2D eigenvalue weighted by atomic mass is 35.5. The minimum Gasteiger partial charge on any atom is -0.324 e. The van der Waals surface area contributed by atoms with E-state index in [9.17, 15) is 14.4 Å². The van der Waals surface area contributed by atoms with E-state index in [1.54, 1.807) is 18.2 Å². The zero-order chi connectivity index (χ0) is 22.9. The van der Waals surface area contributed by atoms with Crippen molar-refractivity contribution < 1.29 is 14.4 Å². The molecule has 2 bridgehead atoms. The normalized spacial score (nSPS) is 31.9. The number of likely N-dealkylation sites (tertiary alicyclic amines) is 1. The molecule has 33 heavy (non-hydrogen) atoms. The van der Waals surface area contributed by atoms with Gasteiger partial charge in [0.05, 0.1) is 11.8 Å². The lowest BCUT2D eigenvalue weighted by atomic mass is 9.63. The second kappa shape index (κ2) is 7.56. The third-order valence-corrected chi connectivity index (χ3v) is 8.52. The van der Waals surface area contributed by atoms with Crippen molar-refractivity contribution in [1.82, 2.24) is 4.90 Å². The standard InChI is InChI=1S/C27H25ClN2O3/c1-14-20(28)8-5-9-21(14)29-25(31)22(12-15-6-3-2-4-7-15)30-26(32)23-16-10-11-17(19-13-18(16)19)24(23)27(30)33/h2-11,16-19,22-24H,12-13H2,1H3,(H,29,31)/t16-,17-,18-,19-,22+,23+,24+/m1/s1. The number of rotatable bonds is 5. The fraction of sp³-hybridized carbons (Fsp3) is 0.370. The molecule has 7 atom stereocenters.